The van der Waals surface area contributed by atoms with E-state index in [-0.39, 0.29) is 0 Å². The quantitative estimate of drug-likeness (QED) is 0.624. The molecule has 4 aliphatic carbocycles. The van der Waals surface area contributed by atoms with Crippen molar-refractivity contribution in [2.45, 2.75) is 43.9 Å². The van der Waals surface area contributed by atoms with E-state index in [1.54, 1.807) is 5.92 Å². The molecule has 4 aliphatic rings. The summed E-state index contributed by atoms with van der Waals surface area (Å²) in [7, 11) is -1.35. The minimum absolute atomic E-state index is 0.373. The summed E-state index contributed by atoms with van der Waals surface area (Å²) in [6.45, 7) is 0. The highest BCUT2D eigenvalue weighted by atomic mass is 16.4. The highest BCUT2D eigenvalue weighted by Gasteiger charge is 2.57. The average molecular weight is 255 g/mol. The summed E-state index contributed by atoms with van der Waals surface area (Å²) in [6, 6.07) is 8.01. The first kappa shape index (κ1) is 11.9. The van der Waals surface area contributed by atoms with Gasteiger partial charge in [-0.25, -0.2) is 0 Å². The van der Waals surface area contributed by atoms with Gasteiger partial charge < -0.3 is 10.0 Å². The van der Waals surface area contributed by atoms with Crippen molar-refractivity contribution in [2.24, 2.45) is 11.8 Å². The van der Waals surface area contributed by atoms with Crippen molar-refractivity contribution in [3.05, 3.63) is 35.7 Å². The lowest BCUT2D eigenvalue weighted by Crippen LogP contribution is -2.47. The lowest BCUT2D eigenvalue weighted by atomic mass is 9.48. The Kier molecular flexibility index (Phi) is 2.52. The van der Waals surface area contributed by atoms with Crippen LogP contribution in [0.2, 0.25) is 0 Å². The molecule has 4 saturated carbocycles. The van der Waals surface area contributed by atoms with Crippen molar-refractivity contribution in [3.63, 3.8) is 0 Å². The smallest absolute Gasteiger partial charge is 0.423 e. The second-order valence-corrected chi connectivity index (χ2v) is 6.99. The van der Waals surface area contributed by atoms with Gasteiger partial charge in [0.2, 0.25) is 0 Å². The number of hydrogen-bond donors (Lipinski definition) is 2. The van der Waals surface area contributed by atoms with Crippen LogP contribution in [0.1, 0.15) is 44.1 Å². The highest BCUT2D eigenvalue weighted by molar-refractivity contribution is 6.58. The van der Waals surface area contributed by atoms with E-state index in [1.165, 1.54) is 44.1 Å². The van der Waals surface area contributed by atoms with Crippen LogP contribution in [0.3, 0.4) is 0 Å². The van der Waals surface area contributed by atoms with Crippen molar-refractivity contribution in [1.82, 2.24) is 0 Å². The second-order valence-electron chi connectivity index (χ2n) is 6.99. The fourth-order valence-electron chi connectivity index (χ4n) is 5.15. The Bertz CT molecular complexity index is 445. The molecular formula is C16H20BO2+. The normalized spacial score (nSPS) is 35.8. The van der Waals surface area contributed by atoms with Gasteiger partial charge in [-0.3, -0.25) is 0 Å². The van der Waals surface area contributed by atoms with Crippen LogP contribution >= 0.6 is 0 Å². The monoisotopic (exact) mass is 255 g/mol. The van der Waals surface area contributed by atoms with E-state index in [9.17, 15) is 10.0 Å². The van der Waals surface area contributed by atoms with E-state index in [2.05, 4.69) is 12.1 Å². The molecule has 2 nitrogen and oxygen atoms in total. The minimum Gasteiger partial charge on any atom is -0.423 e. The predicted octanol–water partition coefficient (Wildman–Crippen LogP) is 1.79. The summed E-state index contributed by atoms with van der Waals surface area (Å²) in [5.41, 5.74) is 2.39. The Morgan fingerprint density at radius 2 is 1.68 bits per heavy atom. The zero-order chi connectivity index (χ0) is 13.0. The molecule has 1 unspecified atom stereocenters. The molecule has 0 radical (unpaired) electrons. The maximum absolute atomic E-state index is 9.20. The fraction of sp³-hybridized carbons (Fsp3) is 0.562. The fourth-order valence-corrected chi connectivity index (χ4v) is 5.15. The molecule has 1 aromatic carbocycles. The van der Waals surface area contributed by atoms with Crippen LogP contribution in [0.4, 0.5) is 0 Å². The van der Waals surface area contributed by atoms with Crippen molar-refractivity contribution in [3.8, 4) is 0 Å². The van der Waals surface area contributed by atoms with Crippen molar-refractivity contribution >= 4 is 12.6 Å². The second kappa shape index (κ2) is 4.03. The molecule has 1 aromatic rings. The Morgan fingerprint density at radius 1 is 1.05 bits per heavy atom. The molecule has 0 heterocycles. The van der Waals surface area contributed by atoms with Gasteiger partial charge in [0.05, 0.1) is 25.2 Å². The molecule has 0 amide bonds. The molecule has 3 heteroatoms. The number of benzene rings is 1. The van der Waals surface area contributed by atoms with E-state index in [1.807, 2.05) is 12.1 Å². The van der Waals surface area contributed by atoms with Crippen LogP contribution in [-0.2, 0) is 5.41 Å². The van der Waals surface area contributed by atoms with Crippen molar-refractivity contribution in [1.29, 1.82) is 0 Å². The Labute approximate surface area is 115 Å². The zero-order valence-corrected chi connectivity index (χ0v) is 11.2. The number of hydrogen-bond acceptors (Lipinski definition) is 2. The van der Waals surface area contributed by atoms with Gasteiger partial charge in [-0.15, -0.1) is 0 Å². The largest absolute Gasteiger partial charge is 0.488 e. The Balaban J connectivity index is 1.67. The summed E-state index contributed by atoms with van der Waals surface area (Å²) in [6.07, 6.45) is 8.17. The average Bonchev–Trinajstić information content (AvgIpc) is 2.37. The van der Waals surface area contributed by atoms with E-state index in [4.69, 9.17) is 0 Å². The third kappa shape index (κ3) is 1.83. The third-order valence-electron chi connectivity index (χ3n) is 5.59. The molecular weight excluding hydrogens is 235 g/mol. The molecule has 98 valence electrons. The van der Waals surface area contributed by atoms with Crippen LogP contribution in [0.15, 0.2) is 24.3 Å². The van der Waals surface area contributed by atoms with Gasteiger partial charge in [0.15, 0.2) is 0 Å². The van der Waals surface area contributed by atoms with Gasteiger partial charge in [-0.05, 0) is 30.3 Å². The molecule has 5 rings (SSSR count). The Morgan fingerprint density at radius 3 is 2.21 bits per heavy atom. The van der Waals surface area contributed by atoms with Gasteiger partial charge >= 0.3 is 7.12 Å². The summed E-state index contributed by atoms with van der Waals surface area (Å²) in [5, 5.41) is 18.4. The standard InChI is InChI=1S/C16H20BO2/c18-17(19)15-3-1-14(2-4-15)16-8-11-5-12(9-16)7-13(6-11)10-16/h1-4,11-12,18-19H,5-10H2/q+1/t11-,12+,16?. The predicted molar refractivity (Wildman–Crippen MR) is 75.9 cm³/mol. The summed E-state index contributed by atoms with van der Waals surface area (Å²) < 4.78 is 0. The van der Waals surface area contributed by atoms with Crippen LogP contribution in [0.5, 0.6) is 0 Å². The van der Waals surface area contributed by atoms with Gasteiger partial charge in [0.25, 0.3) is 0 Å². The summed E-state index contributed by atoms with van der Waals surface area (Å²) >= 11 is 0. The molecule has 0 spiro atoms. The maximum Gasteiger partial charge on any atom is 0.488 e. The lowest BCUT2D eigenvalue weighted by Gasteiger charge is -2.51. The zero-order valence-electron chi connectivity index (χ0n) is 11.2. The molecule has 0 aliphatic heterocycles. The molecule has 19 heavy (non-hydrogen) atoms. The molecule has 4 bridgehead atoms. The van der Waals surface area contributed by atoms with Crippen LogP contribution in [0, 0.1) is 17.8 Å². The summed E-state index contributed by atoms with van der Waals surface area (Å²) in [4.78, 5) is 0. The van der Waals surface area contributed by atoms with Gasteiger partial charge in [0.1, 0.15) is 0 Å². The molecule has 2 N–H and O–H groups in total. The maximum atomic E-state index is 9.20. The van der Waals surface area contributed by atoms with E-state index in [0.29, 0.717) is 10.9 Å². The van der Waals surface area contributed by atoms with E-state index < -0.39 is 7.12 Å². The number of rotatable bonds is 2. The van der Waals surface area contributed by atoms with E-state index in [0.717, 1.165) is 11.8 Å². The Hall–Kier alpha value is -0.925. The van der Waals surface area contributed by atoms with Gasteiger partial charge in [0, 0.05) is 17.3 Å². The highest BCUT2D eigenvalue weighted by Crippen LogP contribution is 2.61. The topological polar surface area (TPSA) is 40.5 Å². The van der Waals surface area contributed by atoms with Gasteiger partial charge in [-0.2, -0.15) is 0 Å². The summed E-state index contributed by atoms with van der Waals surface area (Å²) in [5.74, 6) is 3.63. The lowest BCUT2D eigenvalue weighted by molar-refractivity contribution is 0.0620. The van der Waals surface area contributed by atoms with Crippen molar-refractivity contribution in [2.75, 3.05) is 0 Å². The molecule has 0 aromatic heterocycles. The van der Waals surface area contributed by atoms with Gasteiger partial charge in [-0.1, -0.05) is 24.3 Å². The van der Waals surface area contributed by atoms with Crippen LogP contribution < -0.4 is 5.46 Å². The molecule has 3 atom stereocenters. The first-order chi connectivity index (χ1) is 9.14. The van der Waals surface area contributed by atoms with Crippen LogP contribution in [-0.4, -0.2) is 17.2 Å². The SMILES string of the molecule is OB(O)c1ccc(C23C[C+]4C[C@H](C[C@H](C4)C2)C3)cc1. The minimum atomic E-state index is -1.35. The first-order valence-electron chi connectivity index (χ1n) is 7.45. The van der Waals surface area contributed by atoms with Crippen molar-refractivity contribution < 1.29 is 10.0 Å². The first-order valence-corrected chi connectivity index (χ1v) is 7.45. The molecule has 4 fully saturated rings. The van der Waals surface area contributed by atoms with Crippen LogP contribution in [0.25, 0.3) is 0 Å². The molecule has 0 saturated heterocycles. The third-order valence-corrected chi connectivity index (χ3v) is 5.59. The van der Waals surface area contributed by atoms with E-state index >= 15 is 0 Å².